The van der Waals surface area contributed by atoms with E-state index in [1.54, 1.807) is 0 Å². The minimum absolute atomic E-state index is 0.0578. The van der Waals surface area contributed by atoms with Gasteiger partial charge in [0.15, 0.2) is 0 Å². The van der Waals surface area contributed by atoms with Gasteiger partial charge in [-0.15, -0.1) is 0 Å². The topological polar surface area (TPSA) is 69.3 Å². The van der Waals surface area contributed by atoms with Crippen molar-refractivity contribution < 1.29 is 4.79 Å². The molecule has 0 radical (unpaired) electrons. The fourth-order valence-corrected chi connectivity index (χ4v) is 4.50. The molecule has 2 fully saturated rings. The SMILES string of the molecule is Cc1[nH]c(C=C2C(=O)NN=C2C2CC2)c(C2CC2)c1CCCNCc1ccccc1. The molecule has 2 saturated carbocycles. The smallest absolute Gasteiger partial charge is 0.273 e. The average molecular weight is 403 g/mol. The number of hydrazone groups is 1. The summed E-state index contributed by atoms with van der Waals surface area (Å²) >= 11 is 0. The van der Waals surface area contributed by atoms with Gasteiger partial charge in [0.1, 0.15) is 0 Å². The first-order valence-corrected chi connectivity index (χ1v) is 11.3. The van der Waals surface area contributed by atoms with Gasteiger partial charge in [-0.2, -0.15) is 5.10 Å². The molecule has 1 aliphatic heterocycles. The molecule has 1 aromatic heterocycles. The van der Waals surface area contributed by atoms with Gasteiger partial charge in [0, 0.05) is 23.9 Å². The Hall–Kier alpha value is -2.66. The summed E-state index contributed by atoms with van der Waals surface area (Å²) in [7, 11) is 0. The number of aromatic amines is 1. The van der Waals surface area contributed by atoms with Gasteiger partial charge < -0.3 is 10.3 Å². The number of hydrogen-bond donors (Lipinski definition) is 3. The molecular formula is C25H30N4O. The fraction of sp³-hybridized carbons (Fsp3) is 0.440. The summed E-state index contributed by atoms with van der Waals surface area (Å²) in [6.07, 6.45) is 9.03. The van der Waals surface area contributed by atoms with Crippen LogP contribution in [-0.2, 0) is 17.8 Å². The minimum Gasteiger partial charge on any atom is -0.359 e. The number of carbonyl (C=O) groups excluding carboxylic acids is 1. The lowest BCUT2D eigenvalue weighted by Crippen LogP contribution is -2.15. The zero-order chi connectivity index (χ0) is 20.5. The van der Waals surface area contributed by atoms with Gasteiger partial charge in [0.25, 0.3) is 5.91 Å². The number of carbonyl (C=O) groups is 1. The summed E-state index contributed by atoms with van der Waals surface area (Å²) in [5.74, 6) is 1.04. The van der Waals surface area contributed by atoms with Crippen molar-refractivity contribution in [2.75, 3.05) is 6.54 Å². The van der Waals surface area contributed by atoms with Gasteiger partial charge in [0.2, 0.25) is 0 Å². The lowest BCUT2D eigenvalue weighted by atomic mass is 9.98. The number of hydrogen-bond acceptors (Lipinski definition) is 3. The predicted molar refractivity (Wildman–Crippen MR) is 120 cm³/mol. The van der Waals surface area contributed by atoms with Crippen LogP contribution in [0.1, 0.15) is 66.1 Å². The third-order valence-corrected chi connectivity index (χ3v) is 6.38. The van der Waals surface area contributed by atoms with Crippen LogP contribution in [0.2, 0.25) is 0 Å². The summed E-state index contributed by atoms with van der Waals surface area (Å²) in [4.78, 5) is 16.0. The number of rotatable bonds is 9. The van der Waals surface area contributed by atoms with Crippen molar-refractivity contribution in [2.24, 2.45) is 11.0 Å². The molecule has 0 saturated heterocycles. The van der Waals surface area contributed by atoms with Crippen molar-refractivity contribution in [1.82, 2.24) is 15.7 Å². The molecule has 5 nitrogen and oxygen atoms in total. The highest BCUT2D eigenvalue weighted by atomic mass is 16.2. The quantitative estimate of drug-likeness (QED) is 0.435. The molecule has 156 valence electrons. The predicted octanol–water partition coefficient (Wildman–Crippen LogP) is 4.20. The molecule has 5 rings (SSSR count). The lowest BCUT2D eigenvalue weighted by molar-refractivity contribution is -0.116. The third-order valence-electron chi connectivity index (χ3n) is 6.38. The van der Waals surface area contributed by atoms with Crippen LogP contribution in [0.4, 0.5) is 0 Å². The number of amides is 1. The molecule has 30 heavy (non-hydrogen) atoms. The maximum atomic E-state index is 12.4. The molecule has 5 heteroatoms. The number of nitrogens with one attached hydrogen (secondary N) is 3. The van der Waals surface area contributed by atoms with E-state index in [0.29, 0.717) is 11.8 Å². The zero-order valence-corrected chi connectivity index (χ0v) is 17.6. The van der Waals surface area contributed by atoms with Crippen LogP contribution in [0.3, 0.4) is 0 Å². The van der Waals surface area contributed by atoms with Gasteiger partial charge in [-0.05, 0) is 80.7 Å². The average Bonchev–Trinajstić information content (AvgIpc) is 3.68. The Bertz CT molecular complexity index is 994. The molecule has 0 atom stereocenters. The van der Waals surface area contributed by atoms with E-state index in [4.69, 9.17) is 0 Å². The first-order chi connectivity index (χ1) is 14.7. The van der Waals surface area contributed by atoms with E-state index in [-0.39, 0.29) is 5.91 Å². The Morgan fingerprint density at radius 2 is 1.90 bits per heavy atom. The second-order valence-corrected chi connectivity index (χ2v) is 8.87. The maximum Gasteiger partial charge on any atom is 0.273 e. The molecule has 3 aliphatic rings. The second-order valence-electron chi connectivity index (χ2n) is 8.87. The molecule has 2 aliphatic carbocycles. The normalized spacial score (nSPS) is 20.0. The summed E-state index contributed by atoms with van der Waals surface area (Å²) < 4.78 is 0. The largest absolute Gasteiger partial charge is 0.359 e. The number of benzene rings is 1. The minimum atomic E-state index is -0.0578. The van der Waals surface area contributed by atoms with E-state index in [2.05, 4.69) is 64.2 Å². The summed E-state index contributed by atoms with van der Waals surface area (Å²) in [5.41, 5.74) is 11.0. The Labute approximate surface area is 178 Å². The van der Waals surface area contributed by atoms with Crippen LogP contribution < -0.4 is 10.7 Å². The Morgan fingerprint density at radius 3 is 2.63 bits per heavy atom. The second kappa shape index (κ2) is 8.23. The van der Waals surface area contributed by atoms with E-state index in [1.807, 2.05) is 0 Å². The van der Waals surface area contributed by atoms with E-state index in [9.17, 15) is 4.79 Å². The molecule has 1 amide bonds. The number of aromatic nitrogens is 1. The van der Waals surface area contributed by atoms with Gasteiger partial charge in [-0.1, -0.05) is 30.3 Å². The molecular weight excluding hydrogens is 372 g/mol. The maximum absolute atomic E-state index is 12.4. The highest BCUT2D eigenvalue weighted by molar-refractivity contribution is 6.28. The van der Waals surface area contributed by atoms with Crippen LogP contribution in [0.25, 0.3) is 6.08 Å². The summed E-state index contributed by atoms with van der Waals surface area (Å²) in [6.45, 7) is 4.09. The third kappa shape index (κ3) is 4.12. The van der Waals surface area contributed by atoms with Crippen molar-refractivity contribution in [3.63, 3.8) is 0 Å². The Morgan fingerprint density at radius 1 is 1.13 bits per heavy atom. The van der Waals surface area contributed by atoms with E-state index < -0.39 is 0 Å². The van der Waals surface area contributed by atoms with Crippen molar-refractivity contribution in [3.8, 4) is 0 Å². The van der Waals surface area contributed by atoms with E-state index in [1.165, 1.54) is 35.2 Å². The molecule has 3 N–H and O–H groups in total. The number of aryl methyl sites for hydroxylation is 1. The van der Waals surface area contributed by atoms with E-state index >= 15 is 0 Å². The number of nitrogens with zero attached hydrogens (tertiary/aromatic N) is 1. The molecule has 1 aromatic carbocycles. The fourth-order valence-electron chi connectivity index (χ4n) is 4.50. The molecule has 0 spiro atoms. The van der Waals surface area contributed by atoms with Crippen molar-refractivity contribution >= 4 is 17.7 Å². The van der Waals surface area contributed by atoms with Crippen molar-refractivity contribution in [2.45, 2.75) is 57.9 Å². The standard InChI is InChI=1S/C25H30N4O/c1-16-20(8-5-13-26-15-17-6-3-2-4-7-17)23(18-9-10-18)22(27-16)14-21-24(19-11-12-19)28-29-25(21)30/h2-4,6-7,14,18-19,26-27H,5,8-13,15H2,1H3,(H,29,30). The summed E-state index contributed by atoms with van der Waals surface area (Å²) in [5, 5.41) is 7.86. The molecule has 0 unspecified atom stereocenters. The van der Waals surface area contributed by atoms with Crippen LogP contribution in [0.15, 0.2) is 41.0 Å². The lowest BCUT2D eigenvalue weighted by Gasteiger charge is -2.08. The Kier molecular flexibility index (Phi) is 5.30. The number of H-pyrrole nitrogens is 1. The van der Waals surface area contributed by atoms with Gasteiger partial charge in [-0.3, -0.25) is 4.79 Å². The zero-order valence-electron chi connectivity index (χ0n) is 17.6. The monoisotopic (exact) mass is 402 g/mol. The summed E-state index contributed by atoms with van der Waals surface area (Å²) in [6, 6.07) is 10.5. The highest BCUT2D eigenvalue weighted by Gasteiger charge is 2.37. The van der Waals surface area contributed by atoms with Crippen LogP contribution in [-0.4, -0.2) is 23.1 Å². The highest BCUT2D eigenvalue weighted by Crippen LogP contribution is 2.45. The van der Waals surface area contributed by atoms with Crippen LogP contribution >= 0.6 is 0 Å². The molecule has 2 heterocycles. The van der Waals surface area contributed by atoms with Crippen LogP contribution in [0.5, 0.6) is 0 Å². The molecule has 2 aromatic rings. The Balaban J connectivity index is 1.28. The molecule has 0 bridgehead atoms. The van der Waals surface area contributed by atoms with Gasteiger partial charge in [-0.25, -0.2) is 5.43 Å². The van der Waals surface area contributed by atoms with Crippen molar-refractivity contribution in [1.29, 1.82) is 0 Å². The van der Waals surface area contributed by atoms with E-state index in [0.717, 1.165) is 55.8 Å². The van der Waals surface area contributed by atoms with Gasteiger partial charge in [0.05, 0.1) is 11.3 Å². The van der Waals surface area contributed by atoms with Crippen LogP contribution in [0, 0.1) is 12.8 Å². The van der Waals surface area contributed by atoms with Gasteiger partial charge >= 0.3 is 0 Å². The first-order valence-electron chi connectivity index (χ1n) is 11.3. The first kappa shape index (κ1) is 19.3. The van der Waals surface area contributed by atoms with Crippen molar-refractivity contribution in [3.05, 3.63) is 64.0 Å².